The van der Waals surface area contributed by atoms with Crippen LogP contribution in [-0.2, 0) is 32.3 Å². The number of benzene rings is 2. The number of esters is 2. The summed E-state index contributed by atoms with van der Waals surface area (Å²) >= 11 is 11.8. The topological polar surface area (TPSA) is 65.5 Å². The fourth-order valence-electron chi connectivity index (χ4n) is 2.71. The van der Waals surface area contributed by atoms with Crippen LogP contribution in [0, 0.1) is 11.9 Å². The molecule has 3 rings (SSSR count). The maximum absolute atomic E-state index is 14.0. The number of hydrogen-bond donors (Lipinski definition) is 0. The summed E-state index contributed by atoms with van der Waals surface area (Å²) in [6.45, 7) is -0.374. The molecule has 0 N–H and O–H groups in total. The molecule has 0 bridgehead atoms. The predicted molar refractivity (Wildman–Crippen MR) is 109 cm³/mol. The van der Waals surface area contributed by atoms with E-state index in [1.807, 2.05) is 0 Å². The van der Waals surface area contributed by atoms with Gasteiger partial charge in [-0.25, -0.2) is 0 Å². The van der Waals surface area contributed by atoms with E-state index in [4.69, 9.17) is 32.7 Å². The number of aromatic nitrogens is 1. The fraction of sp³-hybridized carbons (Fsp3) is 0.136. The number of halogens is 4. The fourth-order valence-corrected chi connectivity index (χ4v) is 3.25. The lowest BCUT2D eigenvalue weighted by molar-refractivity contribution is -0.159. The molecule has 31 heavy (non-hydrogen) atoms. The van der Waals surface area contributed by atoms with E-state index in [0.717, 1.165) is 0 Å². The summed E-state index contributed by atoms with van der Waals surface area (Å²) in [7, 11) is 0. The summed E-state index contributed by atoms with van der Waals surface area (Å²) in [5, 5.41) is -1.55. The third-order valence-electron chi connectivity index (χ3n) is 4.24. The first-order chi connectivity index (χ1) is 14.9. The minimum atomic E-state index is -1.92. The van der Waals surface area contributed by atoms with Crippen molar-refractivity contribution in [3.8, 4) is 0 Å². The Balaban J connectivity index is 1.90. The minimum Gasteiger partial charge on any atom is -0.460 e. The molecule has 0 aliphatic carbocycles. The Bertz CT molecular complexity index is 1000. The van der Waals surface area contributed by atoms with Crippen molar-refractivity contribution in [1.82, 2.24) is 4.98 Å². The number of rotatable bonds is 7. The van der Waals surface area contributed by atoms with Crippen molar-refractivity contribution in [2.45, 2.75) is 19.1 Å². The predicted octanol–water partition coefficient (Wildman–Crippen LogP) is 5.24. The Morgan fingerprint density at radius 1 is 0.774 bits per heavy atom. The number of ether oxygens (including phenoxy) is 2. The zero-order chi connectivity index (χ0) is 22.4. The van der Waals surface area contributed by atoms with E-state index in [1.54, 1.807) is 60.7 Å². The van der Waals surface area contributed by atoms with Gasteiger partial charge in [-0.15, -0.1) is 0 Å². The Morgan fingerprint density at radius 3 is 1.55 bits per heavy atom. The molecule has 1 aromatic heterocycles. The Hall–Kier alpha value is -3.03. The van der Waals surface area contributed by atoms with Crippen molar-refractivity contribution in [2.24, 2.45) is 0 Å². The number of carbonyl (C=O) groups is 2. The molecule has 160 valence electrons. The SMILES string of the molecule is O=C(OCc1ccccc1)C(C(=O)OCc1ccccc1)c1c(Cl)c(F)nc(F)c1Cl. The minimum absolute atomic E-state index is 0.187. The van der Waals surface area contributed by atoms with Crippen LogP contribution in [0.4, 0.5) is 8.78 Å². The molecule has 0 radical (unpaired) electrons. The maximum Gasteiger partial charge on any atom is 0.325 e. The molecule has 0 saturated carbocycles. The third kappa shape index (κ3) is 5.57. The average Bonchev–Trinajstić information content (AvgIpc) is 2.79. The van der Waals surface area contributed by atoms with Crippen molar-refractivity contribution < 1.29 is 27.8 Å². The highest BCUT2D eigenvalue weighted by atomic mass is 35.5. The van der Waals surface area contributed by atoms with Gasteiger partial charge in [-0.3, -0.25) is 9.59 Å². The summed E-state index contributed by atoms with van der Waals surface area (Å²) in [4.78, 5) is 28.5. The van der Waals surface area contributed by atoms with E-state index >= 15 is 0 Å². The first-order valence-electron chi connectivity index (χ1n) is 8.99. The number of pyridine rings is 1. The van der Waals surface area contributed by atoms with E-state index in [2.05, 4.69) is 4.98 Å². The van der Waals surface area contributed by atoms with Crippen molar-refractivity contribution in [2.75, 3.05) is 0 Å². The molecule has 0 saturated heterocycles. The van der Waals surface area contributed by atoms with E-state index in [0.29, 0.717) is 11.1 Å². The van der Waals surface area contributed by atoms with Gasteiger partial charge >= 0.3 is 11.9 Å². The molecule has 0 atom stereocenters. The molecule has 9 heteroatoms. The van der Waals surface area contributed by atoms with Crippen molar-refractivity contribution in [1.29, 1.82) is 0 Å². The smallest absolute Gasteiger partial charge is 0.325 e. The molecule has 2 aromatic carbocycles. The second-order valence-electron chi connectivity index (χ2n) is 6.35. The molecule has 0 spiro atoms. The van der Waals surface area contributed by atoms with Gasteiger partial charge in [-0.1, -0.05) is 83.9 Å². The molecular formula is C22H15Cl2F2NO4. The van der Waals surface area contributed by atoms with E-state index < -0.39 is 45.4 Å². The van der Waals surface area contributed by atoms with Crippen LogP contribution in [0.25, 0.3) is 0 Å². The van der Waals surface area contributed by atoms with Crippen molar-refractivity contribution in [3.63, 3.8) is 0 Å². The maximum atomic E-state index is 14.0. The van der Waals surface area contributed by atoms with Gasteiger partial charge in [0.05, 0.1) is 0 Å². The van der Waals surface area contributed by atoms with E-state index in [1.165, 1.54) is 0 Å². The molecular weight excluding hydrogens is 451 g/mol. The summed E-state index contributed by atoms with van der Waals surface area (Å²) in [5.74, 6) is -7.02. The molecule has 1 heterocycles. The third-order valence-corrected chi connectivity index (χ3v) is 4.96. The zero-order valence-corrected chi connectivity index (χ0v) is 17.4. The highest BCUT2D eigenvalue weighted by molar-refractivity contribution is 6.37. The Labute approximate surface area is 186 Å². The molecule has 3 aromatic rings. The summed E-state index contributed by atoms with van der Waals surface area (Å²) in [5.41, 5.74) is 0.664. The normalized spacial score (nSPS) is 10.7. The number of nitrogens with zero attached hydrogens (tertiary/aromatic N) is 1. The number of hydrogen-bond acceptors (Lipinski definition) is 5. The van der Waals surface area contributed by atoms with Gasteiger partial charge in [0.2, 0.25) is 11.9 Å². The first kappa shape index (κ1) is 22.7. The lowest BCUT2D eigenvalue weighted by Gasteiger charge is -2.18. The van der Waals surface area contributed by atoms with Crippen LogP contribution in [-0.4, -0.2) is 16.9 Å². The van der Waals surface area contributed by atoms with Crippen LogP contribution in [0.15, 0.2) is 60.7 Å². The van der Waals surface area contributed by atoms with Crippen LogP contribution < -0.4 is 0 Å². The quantitative estimate of drug-likeness (QED) is 0.271. The standard InChI is InChI=1S/C22H15Cl2F2NO4/c23-17-15(18(24)20(26)27-19(17)25)16(21(28)30-11-13-7-3-1-4-8-13)22(29)31-12-14-9-5-2-6-10-14/h1-10,16H,11-12H2. The van der Waals surface area contributed by atoms with Gasteiger partial charge in [0.25, 0.3) is 0 Å². The van der Waals surface area contributed by atoms with Gasteiger partial charge in [0.15, 0.2) is 5.92 Å². The van der Waals surface area contributed by atoms with Gasteiger partial charge < -0.3 is 9.47 Å². The van der Waals surface area contributed by atoms with Gasteiger partial charge in [0.1, 0.15) is 23.3 Å². The van der Waals surface area contributed by atoms with Gasteiger partial charge in [-0.2, -0.15) is 13.8 Å². The lowest BCUT2D eigenvalue weighted by atomic mass is 10.00. The van der Waals surface area contributed by atoms with Crippen LogP contribution in [0.3, 0.4) is 0 Å². The van der Waals surface area contributed by atoms with Crippen LogP contribution in [0.2, 0.25) is 10.0 Å². The van der Waals surface area contributed by atoms with Crippen molar-refractivity contribution >= 4 is 35.1 Å². The Morgan fingerprint density at radius 2 is 1.16 bits per heavy atom. The molecule has 0 unspecified atom stereocenters. The van der Waals surface area contributed by atoms with E-state index in [9.17, 15) is 18.4 Å². The second-order valence-corrected chi connectivity index (χ2v) is 7.11. The average molecular weight is 466 g/mol. The molecule has 0 aliphatic rings. The van der Waals surface area contributed by atoms with Gasteiger partial charge in [-0.05, 0) is 11.1 Å². The van der Waals surface area contributed by atoms with Crippen molar-refractivity contribution in [3.05, 3.63) is 99.3 Å². The molecule has 0 aliphatic heterocycles. The monoisotopic (exact) mass is 465 g/mol. The van der Waals surface area contributed by atoms with E-state index in [-0.39, 0.29) is 13.2 Å². The zero-order valence-electron chi connectivity index (χ0n) is 15.9. The largest absolute Gasteiger partial charge is 0.460 e. The van der Waals surface area contributed by atoms with Crippen LogP contribution in [0.1, 0.15) is 22.6 Å². The summed E-state index contributed by atoms with van der Waals surface area (Å²) in [6.07, 6.45) is 0. The van der Waals surface area contributed by atoms with Gasteiger partial charge in [0, 0.05) is 5.56 Å². The number of carbonyl (C=O) groups excluding carboxylic acids is 2. The van der Waals surface area contributed by atoms with Crippen LogP contribution in [0.5, 0.6) is 0 Å². The first-order valence-corrected chi connectivity index (χ1v) is 9.75. The second kappa shape index (κ2) is 10.3. The highest BCUT2D eigenvalue weighted by Gasteiger charge is 2.38. The summed E-state index contributed by atoms with van der Waals surface area (Å²) in [6, 6.07) is 17.3. The molecule has 5 nitrogen and oxygen atoms in total. The highest BCUT2D eigenvalue weighted by Crippen LogP contribution is 2.36. The van der Waals surface area contributed by atoms with Crippen LogP contribution >= 0.6 is 23.2 Å². The Kier molecular flexibility index (Phi) is 7.55. The lowest BCUT2D eigenvalue weighted by Crippen LogP contribution is -2.27. The summed E-state index contributed by atoms with van der Waals surface area (Å²) < 4.78 is 38.3. The molecule has 0 amide bonds. The molecule has 0 fully saturated rings.